The van der Waals surface area contributed by atoms with Gasteiger partial charge in [-0.2, -0.15) is 0 Å². The van der Waals surface area contributed by atoms with E-state index in [-0.39, 0.29) is 12.3 Å². The van der Waals surface area contributed by atoms with Crippen LogP contribution in [0.5, 0.6) is 0 Å². The molecule has 0 fully saturated rings. The minimum Gasteiger partial charge on any atom is -0.481 e. The third-order valence-corrected chi connectivity index (χ3v) is 2.51. The van der Waals surface area contributed by atoms with Crippen LogP contribution in [0.25, 0.3) is 0 Å². The van der Waals surface area contributed by atoms with Gasteiger partial charge < -0.3 is 10.4 Å². The third-order valence-electron chi connectivity index (χ3n) is 2.51. The molecule has 4 nitrogen and oxygen atoms in total. The molecule has 4 heteroatoms. The molecule has 0 aliphatic carbocycles. The third kappa shape index (κ3) is 4.99. The summed E-state index contributed by atoms with van der Waals surface area (Å²) in [6.07, 6.45) is 0.599. The van der Waals surface area contributed by atoms with E-state index in [1.165, 1.54) is 0 Å². The van der Waals surface area contributed by atoms with E-state index in [9.17, 15) is 9.59 Å². The number of carbonyl (C=O) groups excluding carboxylic acids is 1. The van der Waals surface area contributed by atoms with Gasteiger partial charge in [0, 0.05) is 18.5 Å². The Balaban J connectivity index is 2.53. The minimum absolute atomic E-state index is 0.0894. The van der Waals surface area contributed by atoms with Gasteiger partial charge in [-0.05, 0) is 30.0 Å². The fraction of sp³-hybridized carbons (Fsp3) is 0.429. The lowest BCUT2D eigenvalue weighted by Gasteiger charge is -2.08. The largest absolute Gasteiger partial charge is 0.481 e. The molecule has 0 unspecified atom stereocenters. The van der Waals surface area contributed by atoms with E-state index in [0.717, 1.165) is 5.56 Å². The van der Waals surface area contributed by atoms with Gasteiger partial charge in [0.05, 0.1) is 0 Å². The minimum atomic E-state index is -0.811. The number of carbonyl (C=O) groups is 2. The number of amides is 1. The van der Waals surface area contributed by atoms with Crippen LogP contribution in [0.15, 0.2) is 24.3 Å². The van der Waals surface area contributed by atoms with Crippen molar-refractivity contribution in [3.8, 4) is 0 Å². The van der Waals surface area contributed by atoms with Crippen molar-refractivity contribution in [2.24, 2.45) is 5.92 Å². The van der Waals surface area contributed by atoms with Gasteiger partial charge in [-0.25, -0.2) is 0 Å². The van der Waals surface area contributed by atoms with Crippen LogP contribution < -0.4 is 5.32 Å². The van der Waals surface area contributed by atoms with Crippen LogP contribution in [0, 0.1) is 5.92 Å². The molecule has 0 aromatic heterocycles. The molecular weight excluding hydrogens is 230 g/mol. The molecule has 18 heavy (non-hydrogen) atoms. The van der Waals surface area contributed by atoms with Crippen LogP contribution in [0.2, 0.25) is 0 Å². The molecule has 0 spiro atoms. The number of nitrogens with one attached hydrogen (secondary N) is 1. The van der Waals surface area contributed by atoms with Crippen molar-refractivity contribution in [3.05, 3.63) is 35.4 Å². The van der Waals surface area contributed by atoms with Gasteiger partial charge in [-0.3, -0.25) is 9.59 Å². The average molecular weight is 249 g/mol. The Labute approximate surface area is 107 Å². The second-order valence-corrected chi connectivity index (χ2v) is 4.69. The van der Waals surface area contributed by atoms with E-state index in [1.807, 2.05) is 13.8 Å². The first-order valence-corrected chi connectivity index (χ1v) is 6.08. The summed E-state index contributed by atoms with van der Waals surface area (Å²) in [6, 6.07) is 7.06. The maximum absolute atomic E-state index is 11.7. The van der Waals surface area contributed by atoms with E-state index in [4.69, 9.17) is 5.11 Å². The Kier molecular flexibility index (Phi) is 5.36. The van der Waals surface area contributed by atoms with Gasteiger partial charge in [0.1, 0.15) is 0 Å². The highest BCUT2D eigenvalue weighted by Gasteiger charge is 2.06. The number of aliphatic carboxylic acids is 1. The smallest absolute Gasteiger partial charge is 0.303 e. The van der Waals surface area contributed by atoms with Crippen LogP contribution in [0.4, 0.5) is 0 Å². The van der Waals surface area contributed by atoms with Crippen LogP contribution in [-0.4, -0.2) is 23.5 Å². The lowest BCUT2D eigenvalue weighted by Crippen LogP contribution is -2.27. The van der Waals surface area contributed by atoms with Gasteiger partial charge >= 0.3 is 5.97 Å². The molecule has 1 rings (SSSR count). The van der Waals surface area contributed by atoms with Crippen LogP contribution >= 0.6 is 0 Å². The monoisotopic (exact) mass is 249 g/mol. The molecular formula is C14H19NO3. The highest BCUT2D eigenvalue weighted by Crippen LogP contribution is 2.07. The quantitative estimate of drug-likeness (QED) is 0.811. The van der Waals surface area contributed by atoms with Crippen LogP contribution in [-0.2, 0) is 11.2 Å². The van der Waals surface area contributed by atoms with Gasteiger partial charge in [-0.1, -0.05) is 26.0 Å². The predicted molar refractivity (Wildman–Crippen MR) is 69.6 cm³/mol. The molecule has 1 aromatic carbocycles. The van der Waals surface area contributed by atoms with Crippen molar-refractivity contribution in [1.82, 2.24) is 5.32 Å². The summed E-state index contributed by atoms with van der Waals surface area (Å²) < 4.78 is 0. The lowest BCUT2D eigenvalue weighted by molar-refractivity contribution is -0.136. The van der Waals surface area contributed by atoms with E-state index in [0.29, 0.717) is 24.4 Å². The van der Waals surface area contributed by atoms with E-state index in [2.05, 4.69) is 5.32 Å². The summed E-state index contributed by atoms with van der Waals surface area (Å²) in [4.78, 5) is 22.2. The maximum atomic E-state index is 11.7. The highest BCUT2D eigenvalue weighted by atomic mass is 16.4. The molecule has 0 saturated heterocycles. The first kappa shape index (κ1) is 14.2. The maximum Gasteiger partial charge on any atom is 0.303 e. The Bertz CT molecular complexity index is 410. The van der Waals surface area contributed by atoms with Crippen molar-refractivity contribution in [2.45, 2.75) is 26.7 Å². The molecule has 1 amide bonds. The molecule has 0 aliphatic rings. The molecule has 2 N–H and O–H groups in total. The number of hydrogen-bond acceptors (Lipinski definition) is 2. The molecule has 0 bridgehead atoms. The molecule has 98 valence electrons. The van der Waals surface area contributed by atoms with Crippen LogP contribution in [0.1, 0.15) is 36.2 Å². The standard InChI is InChI=1S/C14H19NO3/c1-10(2)9-15-14(18)12-6-3-11(4-7-12)5-8-13(16)17/h3-4,6-7,10H,5,8-9H2,1-2H3,(H,15,18)(H,16,17). The number of aryl methyl sites for hydroxylation is 1. The van der Waals surface area contributed by atoms with E-state index < -0.39 is 5.97 Å². The fourth-order valence-electron chi connectivity index (χ4n) is 1.47. The molecule has 0 heterocycles. The highest BCUT2D eigenvalue weighted by molar-refractivity contribution is 5.94. The average Bonchev–Trinajstić information content (AvgIpc) is 2.34. The zero-order chi connectivity index (χ0) is 13.5. The summed E-state index contributed by atoms with van der Waals surface area (Å²) >= 11 is 0. The van der Waals surface area contributed by atoms with Gasteiger partial charge in [-0.15, -0.1) is 0 Å². The molecule has 0 aliphatic heterocycles. The zero-order valence-electron chi connectivity index (χ0n) is 10.8. The zero-order valence-corrected chi connectivity index (χ0v) is 10.8. The first-order valence-electron chi connectivity index (χ1n) is 6.08. The summed E-state index contributed by atoms with van der Waals surface area (Å²) in [5, 5.41) is 11.4. The Morgan fingerprint density at radius 2 is 1.83 bits per heavy atom. The number of carboxylic acids is 1. The second-order valence-electron chi connectivity index (χ2n) is 4.69. The number of rotatable bonds is 6. The van der Waals surface area contributed by atoms with Crippen molar-refractivity contribution in [1.29, 1.82) is 0 Å². The van der Waals surface area contributed by atoms with Gasteiger partial charge in [0.15, 0.2) is 0 Å². The lowest BCUT2D eigenvalue weighted by atomic mass is 10.1. The van der Waals surface area contributed by atoms with Crippen molar-refractivity contribution >= 4 is 11.9 Å². The van der Waals surface area contributed by atoms with Crippen LogP contribution in [0.3, 0.4) is 0 Å². The summed E-state index contributed by atoms with van der Waals surface area (Å²) in [6.45, 7) is 4.73. The van der Waals surface area contributed by atoms with E-state index in [1.54, 1.807) is 24.3 Å². The SMILES string of the molecule is CC(C)CNC(=O)c1ccc(CCC(=O)O)cc1. The Morgan fingerprint density at radius 3 is 2.33 bits per heavy atom. The number of benzene rings is 1. The predicted octanol–water partition coefficient (Wildman–Crippen LogP) is 2.09. The Hall–Kier alpha value is -1.84. The van der Waals surface area contributed by atoms with Gasteiger partial charge in [0.2, 0.25) is 0 Å². The van der Waals surface area contributed by atoms with Crippen molar-refractivity contribution in [2.75, 3.05) is 6.54 Å². The summed E-state index contributed by atoms with van der Waals surface area (Å²) in [5.41, 5.74) is 1.53. The first-order chi connectivity index (χ1) is 8.49. The molecule has 0 radical (unpaired) electrons. The number of carboxylic acid groups (broad SMARTS) is 1. The fourth-order valence-corrected chi connectivity index (χ4v) is 1.47. The summed E-state index contributed by atoms with van der Waals surface area (Å²) in [5.74, 6) is -0.481. The Morgan fingerprint density at radius 1 is 1.22 bits per heavy atom. The normalized spacial score (nSPS) is 10.4. The van der Waals surface area contributed by atoms with Crippen molar-refractivity contribution < 1.29 is 14.7 Å². The summed E-state index contributed by atoms with van der Waals surface area (Å²) in [7, 11) is 0. The van der Waals surface area contributed by atoms with Crippen molar-refractivity contribution in [3.63, 3.8) is 0 Å². The van der Waals surface area contributed by atoms with Gasteiger partial charge in [0.25, 0.3) is 5.91 Å². The number of hydrogen-bond donors (Lipinski definition) is 2. The second kappa shape index (κ2) is 6.79. The van der Waals surface area contributed by atoms with E-state index >= 15 is 0 Å². The molecule has 0 atom stereocenters. The topological polar surface area (TPSA) is 66.4 Å². The molecule has 0 saturated carbocycles. The molecule has 1 aromatic rings.